The number of aromatic nitrogens is 2. The van der Waals surface area contributed by atoms with Crippen LogP contribution in [0.3, 0.4) is 0 Å². The lowest BCUT2D eigenvalue weighted by atomic mass is 10.2. The molecule has 0 spiro atoms. The van der Waals surface area contributed by atoms with Crippen molar-refractivity contribution in [3.05, 3.63) is 34.6 Å². The number of aryl methyl sites for hydroxylation is 2. The van der Waals surface area contributed by atoms with Crippen LogP contribution in [0.4, 0.5) is 0 Å². The van der Waals surface area contributed by atoms with E-state index in [4.69, 9.17) is 16.3 Å². The van der Waals surface area contributed by atoms with Crippen molar-refractivity contribution < 1.29 is 4.74 Å². The van der Waals surface area contributed by atoms with Crippen molar-refractivity contribution in [3.63, 3.8) is 0 Å². The minimum absolute atomic E-state index is 0.669. The fourth-order valence-corrected chi connectivity index (χ4v) is 1.99. The van der Waals surface area contributed by atoms with E-state index < -0.39 is 0 Å². The largest absolute Gasteiger partial charge is 0.497 e. The van der Waals surface area contributed by atoms with E-state index in [1.165, 1.54) is 0 Å². The minimum Gasteiger partial charge on any atom is -0.497 e. The maximum Gasteiger partial charge on any atom is 0.139 e. The van der Waals surface area contributed by atoms with Gasteiger partial charge in [0.05, 0.1) is 17.8 Å². The molecule has 2 aromatic rings. The number of hydrogen-bond donors (Lipinski definition) is 1. The normalized spacial score (nSPS) is 10.6. The molecule has 0 aliphatic rings. The number of methoxy groups -OCH3 is 1. The lowest BCUT2D eigenvalue weighted by Gasteiger charge is -2.04. The van der Waals surface area contributed by atoms with Crippen LogP contribution >= 0.6 is 11.6 Å². The van der Waals surface area contributed by atoms with Gasteiger partial charge in [-0.1, -0.05) is 18.5 Å². The third kappa shape index (κ3) is 2.29. The summed E-state index contributed by atoms with van der Waals surface area (Å²) < 4.78 is 5.19. The van der Waals surface area contributed by atoms with Gasteiger partial charge in [-0.3, -0.25) is 0 Å². The van der Waals surface area contributed by atoms with Crippen molar-refractivity contribution >= 4 is 11.6 Å². The van der Waals surface area contributed by atoms with Crippen LogP contribution in [0.25, 0.3) is 11.4 Å². The molecule has 0 aliphatic heterocycles. The first-order valence-corrected chi connectivity index (χ1v) is 5.93. The van der Waals surface area contributed by atoms with Gasteiger partial charge in [-0.15, -0.1) is 0 Å². The van der Waals surface area contributed by atoms with Gasteiger partial charge in [0.2, 0.25) is 0 Å². The Morgan fingerprint density at radius 3 is 2.76 bits per heavy atom. The molecule has 4 heteroatoms. The van der Waals surface area contributed by atoms with Gasteiger partial charge in [0.15, 0.2) is 0 Å². The van der Waals surface area contributed by atoms with Crippen molar-refractivity contribution in [2.45, 2.75) is 20.3 Å². The summed E-state index contributed by atoms with van der Waals surface area (Å²) in [5.74, 6) is 1.57. The van der Waals surface area contributed by atoms with Gasteiger partial charge in [-0.05, 0) is 31.5 Å². The summed E-state index contributed by atoms with van der Waals surface area (Å²) in [5, 5.41) is 0.669. The van der Waals surface area contributed by atoms with E-state index >= 15 is 0 Å². The highest BCUT2D eigenvalue weighted by molar-refractivity contribution is 6.33. The standard InChI is InChI=1S/C13H15ClN2O/c1-4-12-8(2)15-13(16-12)10-7-9(17-3)5-6-11(10)14/h5-7H,4H2,1-3H3,(H,15,16). The molecule has 17 heavy (non-hydrogen) atoms. The molecule has 0 amide bonds. The molecule has 1 aromatic heterocycles. The lowest BCUT2D eigenvalue weighted by Crippen LogP contribution is -1.87. The van der Waals surface area contributed by atoms with Gasteiger partial charge in [-0.25, -0.2) is 4.98 Å². The molecule has 0 aliphatic carbocycles. The fraction of sp³-hybridized carbons (Fsp3) is 0.308. The summed E-state index contributed by atoms with van der Waals surface area (Å²) in [6.45, 7) is 4.10. The maximum absolute atomic E-state index is 6.18. The highest BCUT2D eigenvalue weighted by Gasteiger charge is 2.11. The lowest BCUT2D eigenvalue weighted by molar-refractivity contribution is 0.415. The number of hydrogen-bond acceptors (Lipinski definition) is 2. The number of aromatic amines is 1. The molecule has 2 rings (SSSR count). The third-order valence-electron chi connectivity index (χ3n) is 2.75. The van der Waals surface area contributed by atoms with Crippen LogP contribution in [0.2, 0.25) is 5.02 Å². The van der Waals surface area contributed by atoms with Gasteiger partial charge in [0.25, 0.3) is 0 Å². The average Bonchev–Trinajstić information content (AvgIpc) is 2.71. The van der Waals surface area contributed by atoms with Crippen LogP contribution in [0.1, 0.15) is 18.3 Å². The van der Waals surface area contributed by atoms with E-state index in [9.17, 15) is 0 Å². The highest BCUT2D eigenvalue weighted by Crippen LogP contribution is 2.30. The average molecular weight is 251 g/mol. The Kier molecular flexibility index (Phi) is 3.38. The molecule has 1 N–H and O–H groups in total. The summed E-state index contributed by atoms with van der Waals surface area (Å²) in [4.78, 5) is 7.79. The van der Waals surface area contributed by atoms with Gasteiger partial charge < -0.3 is 9.72 Å². The van der Waals surface area contributed by atoms with Gasteiger partial charge >= 0.3 is 0 Å². The molecule has 0 saturated carbocycles. The van der Waals surface area contributed by atoms with Crippen molar-refractivity contribution in [3.8, 4) is 17.1 Å². The van der Waals surface area contributed by atoms with Gasteiger partial charge in [0, 0.05) is 11.3 Å². The number of ether oxygens (including phenoxy) is 1. The topological polar surface area (TPSA) is 37.9 Å². The van der Waals surface area contributed by atoms with Crippen molar-refractivity contribution in [1.82, 2.24) is 9.97 Å². The summed E-state index contributed by atoms with van der Waals surface area (Å²) in [5.41, 5.74) is 3.02. The first-order chi connectivity index (χ1) is 8.15. The molecule has 0 atom stereocenters. The molecule has 0 fully saturated rings. The second-order valence-electron chi connectivity index (χ2n) is 3.86. The van der Waals surface area contributed by atoms with Crippen LogP contribution in [0, 0.1) is 6.92 Å². The van der Waals surface area contributed by atoms with E-state index in [1.54, 1.807) is 7.11 Å². The second kappa shape index (κ2) is 4.80. The fourth-order valence-electron chi connectivity index (χ4n) is 1.78. The number of halogens is 1. The Morgan fingerprint density at radius 2 is 2.18 bits per heavy atom. The first kappa shape index (κ1) is 12.0. The minimum atomic E-state index is 0.669. The zero-order chi connectivity index (χ0) is 12.4. The Bertz CT molecular complexity index is 534. The Morgan fingerprint density at radius 1 is 1.41 bits per heavy atom. The smallest absolute Gasteiger partial charge is 0.139 e. The van der Waals surface area contributed by atoms with Crippen LogP contribution in [0.15, 0.2) is 18.2 Å². The summed E-state index contributed by atoms with van der Waals surface area (Å²) >= 11 is 6.18. The number of imidazole rings is 1. The van der Waals surface area contributed by atoms with Gasteiger partial charge in [-0.2, -0.15) is 0 Å². The van der Waals surface area contributed by atoms with Crippen LogP contribution in [0.5, 0.6) is 5.75 Å². The van der Waals surface area contributed by atoms with E-state index in [2.05, 4.69) is 16.9 Å². The Balaban J connectivity index is 2.51. The molecule has 1 aromatic carbocycles. The van der Waals surface area contributed by atoms with E-state index in [1.807, 2.05) is 25.1 Å². The molecule has 0 unspecified atom stereocenters. The monoisotopic (exact) mass is 250 g/mol. The number of H-pyrrole nitrogens is 1. The van der Waals surface area contributed by atoms with E-state index in [0.29, 0.717) is 5.02 Å². The van der Waals surface area contributed by atoms with Crippen molar-refractivity contribution in [2.75, 3.05) is 7.11 Å². The van der Waals surface area contributed by atoms with E-state index in [0.717, 1.165) is 34.9 Å². The van der Waals surface area contributed by atoms with Crippen molar-refractivity contribution in [1.29, 1.82) is 0 Å². The number of rotatable bonds is 3. The SMILES string of the molecule is CCc1nc(-c2cc(OC)ccc2Cl)[nH]c1C. The van der Waals surface area contributed by atoms with E-state index in [-0.39, 0.29) is 0 Å². The predicted molar refractivity (Wildman–Crippen MR) is 69.7 cm³/mol. The molecular weight excluding hydrogens is 236 g/mol. The summed E-state index contributed by atoms with van der Waals surface area (Å²) in [7, 11) is 1.64. The highest BCUT2D eigenvalue weighted by atomic mass is 35.5. The number of benzene rings is 1. The molecule has 0 saturated heterocycles. The molecule has 1 heterocycles. The van der Waals surface area contributed by atoms with Crippen LogP contribution < -0.4 is 4.74 Å². The third-order valence-corrected chi connectivity index (χ3v) is 3.08. The van der Waals surface area contributed by atoms with Crippen molar-refractivity contribution in [2.24, 2.45) is 0 Å². The molecule has 3 nitrogen and oxygen atoms in total. The quantitative estimate of drug-likeness (QED) is 0.904. The molecule has 0 bridgehead atoms. The molecule has 0 radical (unpaired) electrons. The summed E-state index contributed by atoms with van der Waals surface area (Å²) in [6.07, 6.45) is 0.907. The molecular formula is C13H15ClN2O. The van der Waals surface area contributed by atoms with Crippen LogP contribution in [-0.2, 0) is 6.42 Å². The summed E-state index contributed by atoms with van der Waals surface area (Å²) in [6, 6.07) is 5.54. The zero-order valence-corrected chi connectivity index (χ0v) is 10.9. The maximum atomic E-state index is 6.18. The Labute approximate surface area is 106 Å². The van der Waals surface area contributed by atoms with Crippen LogP contribution in [-0.4, -0.2) is 17.1 Å². The predicted octanol–water partition coefficient (Wildman–Crippen LogP) is 3.61. The molecule has 90 valence electrons. The number of nitrogens with one attached hydrogen (secondary N) is 1. The second-order valence-corrected chi connectivity index (χ2v) is 4.26. The first-order valence-electron chi connectivity index (χ1n) is 5.55. The van der Waals surface area contributed by atoms with Gasteiger partial charge in [0.1, 0.15) is 11.6 Å². The zero-order valence-electron chi connectivity index (χ0n) is 10.2. The Hall–Kier alpha value is -1.48. The number of nitrogens with zero attached hydrogens (tertiary/aromatic N) is 1.